The van der Waals surface area contributed by atoms with Gasteiger partial charge in [0.05, 0.1) is 11.8 Å². The van der Waals surface area contributed by atoms with Gasteiger partial charge in [-0.1, -0.05) is 59.6 Å². The van der Waals surface area contributed by atoms with Gasteiger partial charge in [0.15, 0.2) is 12.4 Å². The lowest BCUT2D eigenvalue weighted by Crippen LogP contribution is -2.39. The maximum Gasteiger partial charge on any atom is 0.264 e. The minimum Gasteiger partial charge on any atom is -0.484 e. The molecule has 3 aromatic rings. The quantitative estimate of drug-likeness (QED) is 0.566. The maximum atomic E-state index is 13.1. The lowest BCUT2D eigenvalue weighted by atomic mass is 10.0. The average molecular weight is 428 g/mol. The van der Waals surface area contributed by atoms with Gasteiger partial charge >= 0.3 is 0 Å². The maximum absolute atomic E-state index is 13.1. The molecule has 0 bridgehead atoms. The van der Waals surface area contributed by atoms with Crippen LogP contribution in [0.1, 0.15) is 48.1 Å². The number of aromatic nitrogens is 2. The molecular weight excluding hydrogens is 402 g/mol. The van der Waals surface area contributed by atoms with E-state index in [0.717, 1.165) is 24.0 Å². The van der Waals surface area contributed by atoms with Gasteiger partial charge < -0.3 is 9.26 Å². The van der Waals surface area contributed by atoms with Crippen LogP contribution < -0.4 is 4.74 Å². The largest absolute Gasteiger partial charge is 0.484 e. The van der Waals surface area contributed by atoms with E-state index < -0.39 is 16.1 Å². The summed E-state index contributed by atoms with van der Waals surface area (Å²) in [7, 11) is -3.50. The molecule has 0 N–H and O–H groups in total. The van der Waals surface area contributed by atoms with Crippen LogP contribution in [-0.4, -0.2) is 29.4 Å². The zero-order chi connectivity index (χ0) is 21.0. The molecule has 30 heavy (non-hydrogen) atoms. The van der Waals surface area contributed by atoms with Gasteiger partial charge in [-0.05, 0) is 37.5 Å². The lowest BCUT2D eigenvalue weighted by Gasteiger charge is -2.32. The van der Waals surface area contributed by atoms with E-state index in [1.54, 1.807) is 0 Å². The highest BCUT2D eigenvalue weighted by molar-refractivity contribution is 7.88. The normalized spacial score (nSPS) is 17.7. The summed E-state index contributed by atoms with van der Waals surface area (Å²) in [6.45, 7) is 2.61. The fourth-order valence-corrected chi connectivity index (χ4v) is 5.38. The molecule has 0 saturated carbocycles. The Kier molecular flexibility index (Phi) is 6.15. The highest BCUT2D eigenvalue weighted by Crippen LogP contribution is 2.32. The van der Waals surface area contributed by atoms with E-state index in [-0.39, 0.29) is 12.4 Å². The van der Waals surface area contributed by atoms with Crippen LogP contribution in [0.5, 0.6) is 5.75 Å². The van der Waals surface area contributed by atoms with Crippen molar-refractivity contribution in [2.24, 2.45) is 0 Å². The molecule has 0 aliphatic carbocycles. The van der Waals surface area contributed by atoms with Crippen molar-refractivity contribution in [2.75, 3.05) is 6.54 Å². The van der Waals surface area contributed by atoms with Crippen molar-refractivity contribution in [3.63, 3.8) is 0 Å². The Labute approximate surface area is 176 Å². The number of piperidine rings is 1. The lowest BCUT2D eigenvalue weighted by molar-refractivity contribution is 0.231. The fraction of sp³-hybridized carbons (Fsp3) is 0.364. The minimum absolute atomic E-state index is 0.0361. The second-order valence-corrected chi connectivity index (χ2v) is 9.43. The number of sulfonamides is 1. The van der Waals surface area contributed by atoms with Crippen molar-refractivity contribution < 1.29 is 17.7 Å². The zero-order valence-electron chi connectivity index (χ0n) is 16.9. The predicted octanol–water partition coefficient (Wildman–Crippen LogP) is 4.01. The SMILES string of the molecule is Cc1ccc(OCc2nc(C3CCCCN3S(=O)(=O)Cc3ccccc3)no2)cc1. The van der Waals surface area contributed by atoms with E-state index >= 15 is 0 Å². The monoisotopic (exact) mass is 427 g/mol. The molecule has 2 aromatic carbocycles. The van der Waals surface area contributed by atoms with Gasteiger partial charge in [-0.3, -0.25) is 0 Å². The van der Waals surface area contributed by atoms with Crippen molar-refractivity contribution in [2.45, 2.75) is 44.6 Å². The van der Waals surface area contributed by atoms with Crippen LogP contribution in [0.15, 0.2) is 59.1 Å². The van der Waals surface area contributed by atoms with Crippen LogP contribution in [0.4, 0.5) is 0 Å². The van der Waals surface area contributed by atoms with Crippen molar-refractivity contribution in [3.8, 4) is 5.75 Å². The molecule has 4 rings (SSSR count). The molecule has 1 aliphatic heterocycles. The Morgan fingerprint density at radius 2 is 1.87 bits per heavy atom. The van der Waals surface area contributed by atoms with Gasteiger partial charge in [0, 0.05) is 6.54 Å². The standard InChI is InChI=1S/C22H25N3O4S/c1-17-10-12-19(13-11-17)28-15-21-23-22(24-29-21)20-9-5-6-14-25(20)30(26,27)16-18-7-3-2-4-8-18/h2-4,7-8,10-13,20H,5-6,9,14-16H2,1H3. The van der Waals surface area contributed by atoms with E-state index in [9.17, 15) is 8.42 Å². The van der Waals surface area contributed by atoms with Gasteiger partial charge in [-0.15, -0.1) is 0 Å². The first-order chi connectivity index (χ1) is 14.5. The molecule has 7 nitrogen and oxygen atoms in total. The van der Waals surface area contributed by atoms with Crippen LogP contribution in [0.2, 0.25) is 0 Å². The molecule has 1 atom stereocenters. The molecule has 0 radical (unpaired) electrons. The molecule has 0 amide bonds. The first-order valence-electron chi connectivity index (χ1n) is 10.1. The van der Waals surface area contributed by atoms with Crippen LogP contribution in [0.3, 0.4) is 0 Å². The van der Waals surface area contributed by atoms with Crippen molar-refractivity contribution in [3.05, 3.63) is 77.4 Å². The van der Waals surface area contributed by atoms with E-state index in [4.69, 9.17) is 9.26 Å². The topological polar surface area (TPSA) is 85.5 Å². The Hall–Kier alpha value is -2.71. The summed E-state index contributed by atoms with van der Waals surface area (Å²) >= 11 is 0. The highest BCUT2D eigenvalue weighted by atomic mass is 32.2. The summed E-state index contributed by atoms with van der Waals surface area (Å²) in [5, 5.41) is 4.06. The summed E-state index contributed by atoms with van der Waals surface area (Å²) in [6, 6.07) is 16.5. The summed E-state index contributed by atoms with van der Waals surface area (Å²) in [5.41, 5.74) is 1.92. The van der Waals surface area contributed by atoms with E-state index in [0.29, 0.717) is 30.4 Å². The van der Waals surface area contributed by atoms with Crippen molar-refractivity contribution >= 4 is 10.0 Å². The van der Waals surface area contributed by atoms with E-state index in [1.807, 2.05) is 61.5 Å². The Morgan fingerprint density at radius 3 is 2.63 bits per heavy atom. The number of benzene rings is 2. The highest BCUT2D eigenvalue weighted by Gasteiger charge is 2.36. The Morgan fingerprint density at radius 1 is 1.10 bits per heavy atom. The summed E-state index contributed by atoms with van der Waals surface area (Å²) in [4.78, 5) is 4.43. The zero-order valence-corrected chi connectivity index (χ0v) is 17.7. The third-order valence-corrected chi connectivity index (χ3v) is 7.02. The second kappa shape index (κ2) is 8.97. The average Bonchev–Trinajstić information content (AvgIpc) is 3.23. The third-order valence-electron chi connectivity index (χ3n) is 5.17. The van der Waals surface area contributed by atoms with E-state index in [2.05, 4.69) is 10.1 Å². The van der Waals surface area contributed by atoms with Gasteiger partial charge in [0.2, 0.25) is 10.0 Å². The second-order valence-electron chi connectivity index (χ2n) is 7.51. The number of ether oxygens (including phenoxy) is 1. The Balaban J connectivity index is 1.47. The van der Waals surface area contributed by atoms with Crippen LogP contribution in [0, 0.1) is 6.92 Å². The number of hydrogen-bond acceptors (Lipinski definition) is 6. The minimum atomic E-state index is -3.50. The first kappa shape index (κ1) is 20.6. The van der Waals surface area contributed by atoms with Crippen LogP contribution >= 0.6 is 0 Å². The molecule has 1 aliphatic rings. The fourth-order valence-electron chi connectivity index (χ4n) is 3.61. The number of rotatable bonds is 7. The molecule has 2 heterocycles. The number of nitrogens with zero attached hydrogens (tertiary/aromatic N) is 3. The van der Waals surface area contributed by atoms with Crippen molar-refractivity contribution in [1.82, 2.24) is 14.4 Å². The van der Waals surface area contributed by atoms with Gasteiger partial charge in [-0.25, -0.2) is 8.42 Å². The van der Waals surface area contributed by atoms with Crippen LogP contribution in [0.25, 0.3) is 0 Å². The number of hydrogen-bond donors (Lipinski definition) is 0. The molecule has 1 saturated heterocycles. The third kappa shape index (κ3) is 4.88. The van der Waals surface area contributed by atoms with Crippen molar-refractivity contribution in [1.29, 1.82) is 0 Å². The summed E-state index contributed by atoms with van der Waals surface area (Å²) in [5.74, 6) is 1.40. The number of aryl methyl sites for hydroxylation is 1. The summed E-state index contributed by atoms with van der Waals surface area (Å²) in [6.07, 6.45) is 2.42. The molecule has 158 valence electrons. The van der Waals surface area contributed by atoms with Crippen LogP contribution in [-0.2, 0) is 22.4 Å². The first-order valence-corrected chi connectivity index (χ1v) is 11.7. The summed E-state index contributed by atoms with van der Waals surface area (Å²) < 4.78 is 38.8. The Bertz CT molecular complexity index is 1070. The smallest absolute Gasteiger partial charge is 0.264 e. The molecule has 1 aromatic heterocycles. The molecule has 1 fully saturated rings. The molecular formula is C22H25N3O4S. The van der Waals surface area contributed by atoms with Gasteiger partial charge in [0.25, 0.3) is 5.89 Å². The van der Waals surface area contributed by atoms with Gasteiger partial charge in [-0.2, -0.15) is 9.29 Å². The van der Waals surface area contributed by atoms with E-state index in [1.165, 1.54) is 4.31 Å². The molecule has 8 heteroatoms. The molecule has 0 spiro atoms. The molecule has 1 unspecified atom stereocenters. The predicted molar refractivity (Wildman–Crippen MR) is 112 cm³/mol. The van der Waals surface area contributed by atoms with Gasteiger partial charge in [0.1, 0.15) is 5.75 Å².